The van der Waals surface area contributed by atoms with Crippen molar-refractivity contribution < 1.29 is 4.79 Å². The van der Waals surface area contributed by atoms with E-state index in [4.69, 9.17) is 17.3 Å². The van der Waals surface area contributed by atoms with Crippen LogP contribution in [0.3, 0.4) is 0 Å². The number of nitrogen functional groups attached to an aromatic ring is 1. The second-order valence-electron chi connectivity index (χ2n) is 5.34. The molecule has 0 saturated carbocycles. The van der Waals surface area contributed by atoms with E-state index < -0.39 is 0 Å². The minimum atomic E-state index is -0.0111. The Morgan fingerprint density at radius 3 is 3.14 bits per heavy atom. The monoisotopic (exact) mass is 327 g/mol. The van der Waals surface area contributed by atoms with E-state index in [9.17, 15) is 4.79 Å². The highest BCUT2D eigenvalue weighted by Crippen LogP contribution is 2.23. The highest BCUT2D eigenvalue weighted by molar-refractivity contribution is 7.99. The van der Waals surface area contributed by atoms with Crippen LogP contribution in [0.2, 0.25) is 5.02 Å². The molecule has 4 nitrogen and oxygen atoms in total. The van der Waals surface area contributed by atoms with Gasteiger partial charge in [0.1, 0.15) is 0 Å². The van der Waals surface area contributed by atoms with E-state index >= 15 is 0 Å². The number of nitrogens with zero attached hydrogens (tertiary/aromatic N) is 1. The lowest BCUT2D eigenvalue weighted by molar-refractivity contribution is -0.116. The molecule has 0 spiro atoms. The molecule has 6 heteroatoms. The maximum atomic E-state index is 12.0. The van der Waals surface area contributed by atoms with Gasteiger partial charge in [0, 0.05) is 35.5 Å². The van der Waals surface area contributed by atoms with Crippen molar-refractivity contribution in [1.29, 1.82) is 0 Å². The van der Waals surface area contributed by atoms with Crippen LogP contribution in [-0.2, 0) is 4.79 Å². The fraction of sp³-hybridized carbons (Fsp3) is 0.533. The van der Waals surface area contributed by atoms with Gasteiger partial charge in [-0.3, -0.25) is 9.69 Å². The van der Waals surface area contributed by atoms with Gasteiger partial charge >= 0.3 is 0 Å². The first kappa shape index (κ1) is 16.5. The second-order valence-corrected chi connectivity index (χ2v) is 6.93. The maximum Gasteiger partial charge on any atom is 0.224 e. The van der Waals surface area contributed by atoms with Crippen molar-refractivity contribution in [3.05, 3.63) is 23.2 Å². The zero-order chi connectivity index (χ0) is 15.2. The number of amides is 1. The molecule has 21 heavy (non-hydrogen) atoms. The average molecular weight is 328 g/mol. The molecule has 0 bridgehead atoms. The van der Waals surface area contributed by atoms with E-state index in [0.29, 0.717) is 28.9 Å². The maximum absolute atomic E-state index is 12.0. The van der Waals surface area contributed by atoms with Gasteiger partial charge in [-0.05, 0) is 38.1 Å². The molecule has 0 radical (unpaired) electrons. The van der Waals surface area contributed by atoms with E-state index in [1.54, 1.807) is 18.2 Å². The number of carbonyl (C=O) groups excluding carboxylic acids is 1. The number of halogens is 1. The fourth-order valence-corrected chi connectivity index (χ4v) is 3.64. The number of nitrogens with one attached hydrogen (secondary N) is 1. The van der Waals surface area contributed by atoms with Gasteiger partial charge < -0.3 is 11.1 Å². The number of nitrogens with two attached hydrogens (primary N) is 1. The van der Waals surface area contributed by atoms with Crippen molar-refractivity contribution in [1.82, 2.24) is 4.90 Å². The Morgan fingerprint density at radius 1 is 1.57 bits per heavy atom. The molecule has 1 aromatic rings. The van der Waals surface area contributed by atoms with E-state index in [2.05, 4.69) is 17.1 Å². The average Bonchev–Trinajstić information content (AvgIpc) is 2.45. The first-order valence-corrected chi connectivity index (χ1v) is 8.76. The van der Waals surface area contributed by atoms with Crippen LogP contribution in [0.1, 0.15) is 19.8 Å². The van der Waals surface area contributed by atoms with Crippen LogP contribution in [-0.4, -0.2) is 41.4 Å². The van der Waals surface area contributed by atoms with Crippen LogP contribution in [0, 0.1) is 0 Å². The molecule has 1 fully saturated rings. The summed E-state index contributed by atoms with van der Waals surface area (Å²) in [5.74, 6) is 2.36. The third kappa shape index (κ3) is 5.09. The van der Waals surface area contributed by atoms with Gasteiger partial charge in [0.2, 0.25) is 5.91 Å². The molecule has 1 aliphatic rings. The molecular weight excluding hydrogens is 306 g/mol. The number of carbonyl (C=O) groups is 1. The predicted octanol–water partition coefficient (Wildman–Crippen LogP) is 3.08. The molecule has 1 aliphatic heterocycles. The van der Waals surface area contributed by atoms with E-state index in [0.717, 1.165) is 19.5 Å². The van der Waals surface area contributed by atoms with Crippen LogP contribution in [0.25, 0.3) is 0 Å². The number of hydrogen-bond acceptors (Lipinski definition) is 4. The lowest BCUT2D eigenvalue weighted by atomic mass is 10.2. The standard InChI is InChI=1S/C15H22ClN3OS/c1-11-10-21-8-7-19(11)6-2-3-15(20)18-14-9-12(16)4-5-13(14)17/h4-5,9,11H,2-3,6-8,10,17H2,1H3,(H,18,20). The Morgan fingerprint density at radius 2 is 2.38 bits per heavy atom. The highest BCUT2D eigenvalue weighted by atomic mass is 35.5. The summed E-state index contributed by atoms with van der Waals surface area (Å²) in [7, 11) is 0. The van der Waals surface area contributed by atoms with Crippen LogP contribution < -0.4 is 11.1 Å². The molecular formula is C15H22ClN3OS. The first-order valence-electron chi connectivity index (χ1n) is 7.23. The molecule has 1 heterocycles. The van der Waals surface area contributed by atoms with Crippen molar-refractivity contribution in [3.63, 3.8) is 0 Å². The van der Waals surface area contributed by atoms with Gasteiger partial charge in [0.25, 0.3) is 0 Å². The minimum Gasteiger partial charge on any atom is -0.397 e. The summed E-state index contributed by atoms with van der Waals surface area (Å²) in [6, 6.07) is 5.70. The summed E-state index contributed by atoms with van der Waals surface area (Å²) in [5.41, 5.74) is 6.95. The number of thioether (sulfide) groups is 1. The topological polar surface area (TPSA) is 58.4 Å². The lowest BCUT2D eigenvalue weighted by Crippen LogP contribution is -2.41. The van der Waals surface area contributed by atoms with Gasteiger partial charge in [-0.25, -0.2) is 0 Å². The van der Waals surface area contributed by atoms with Crippen LogP contribution in [0.5, 0.6) is 0 Å². The largest absolute Gasteiger partial charge is 0.397 e. The van der Waals surface area contributed by atoms with E-state index in [1.165, 1.54) is 11.5 Å². The smallest absolute Gasteiger partial charge is 0.224 e. The number of anilines is 2. The summed E-state index contributed by atoms with van der Waals surface area (Å²) >= 11 is 7.91. The lowest BCUT2D eigenvalue weighted by Gasteiger charge is -2.32. The van der Waals surface area contributed by atoms with Crippen molar-refractivity contribution in [2.24, 2.45) is 0 Å². The second kappa shape index (κ2) is 7.92. The molecule has 2 rings (SSSR count). The van der Waals surface area contributed by atoms with Gasteiger partial charge in [-0.1, -0.05) is 11.6 Å². The molecule has 3 N–H and O–H groups in total. The van der Waals surface area contributed by atoms with Crippen LogP contribution in [0.15, 0.2) is 18.2 Å². The predicted molar refractivity (Wildman–Crippen MR) is 92.1 cm³/mol. The van der Waals surface area contributed by atoms with Crippen molar-refractivity contribution in [2.45, 2.75) is 25.8 Å². The molecule has 1 aromatic carbocycles. The van der Waals surface area contributed by atoms with Gasteiger partial charge in [-0.2, -0.15) is 11.8 Å². The van der Waals surface area contributed by atoms with Crippen molar-refractivity contribution in [3.8, 4) is 0 Å². The summed E-state index contributed by atoms with van der Waals surface area (Å²) in [6.07, 6.45) is 1.36. The Balaban J connectivity index is 1.75. The molecule has 0 aliphatic carbocycles. The number of hydrogen-bond donors (Lipinski definition) is 2. The van der Waals surface area contributed by atoms with Gasteiger partial charge in [0.05, 0.1) is 11.4 Å². The van der Waals surface area contributed by atoms with Crippen LogP contribution >= 0.6 is 23.4 Å². The van der Waals surface area contributed by atoms with Crippen LogP contribution in [0.4, 0.5) is 11.4 Å². The summed E-state index contributed by atoms with van der Waals surface area (Å²) in [6.45, 7) is 4.34. The minimum absolute atomic E-state index is 0.0111. The van der Waals surface area contributed by atoms with E-state index in [-0.39, 0.29) is 5.91 Å². The Hall–Kier alpha value is -0.910. The Kier molecular flexibility index (Phi) is 6.21. The summed E-state index contributed by atoms with van der Waals surface area (Å²) in [5, 5.41) is 3.40. The summed E-state index contributed by atoms with van der Waals surface area (Å²) < 4.78 is 0. The third-order valence-corrected chi connectivity index (χ3v) is 5.07. The first-order chi connectivity index (χ1) is 10.1. The number of benzene rings is 1. The third-order valence-electron chi connectivity index (χ3n) is 3.64. The Labute approximate surface area is 135 Å². The normalized spacial score (nSPS) is 19.4. The Bertz CT molecular complexity index is 498. The quantitative estimate of drug-likeness (QED) is 0.816. The zero-order valence-corrected chi connectivity index (χ0v) is 13.8. The van der Waals surface area contributed by atoms with Gasteiger partial charge in [0.15, 0.2) is 0 Å². The zero-order valence-electron chi connectivity index (χ0n) is 12.3. The fourth-order valence-electron chi connectivity index (χ4n) is 2.39. The van der Waals surface area contributed by atoms with E-state index in [1.807, 2.05) is 11.8 Å². The molecule has 1 unspecified atom stereocenters. The molecule has 116 valence electrons. The number of rotatable bonds is 5. The molecule has 0 aromatic heterocycles. The molecule has 1 saturated heterocycles. The SMILES string of the molecule is CC1CSCCN1CCCC(=O)Nc1cc(Cl)ccc1N. The molecule has 1 atom stereocenters. The van der Waals surface area contributed by atoms with Gasteiger partial charge in [-0.15, -0.1) is 0 Å². The van der Waals surface area contributed by atoms with Crippen molar-refractivity contribution in [2.75, 3.05) is 35.6 Å². The van der Waals surface area contributed by atoms with Crippen molar-refractivity contribution >= 4 is 40.6 Å². The highest BCUT2D eigenvalue weighted by Gasteiger charge is 2.18. The summed E-state index contributed by atoms with van der Waals surface area (Å²) in [4.78, 5) is 14.4. The molecule has 1 amide bonds.